The van der Waals surface area contributed by atoms with Gasteiger partial charge in [0.1, 0.15) is 18.7 Å². The van der Waals surface area contributed by atoms with E-state index in [2.05, 4.69) is 25.8 Å². The summed E-state index contributed by atoms with van der Waals surface area (Å²) in [6.45, 7) is -0.0378. The first-order valence-corrected chi connectivity index (χ1v) is 5.51. The maximum absolute atomic E-state index is 11.7. The number of aliphatic carboxylic acids is 1. The van der Waals surface area contributed by atoms with Gasteiger partial charge in [-0.2, -0.15) is 0 Å². The first kappa shape index (κ1) is 13.3. The highest BCUT2D eigenvalue weighted by molar-refractivity contribution is 5.90. The van der Waals surface area contributed by atoms with E-state index in [1.165, 1.54) is 23.3 Å². The fourth-order valence-corrected chi connectivity index (χ4v) is 1.37. The molecule has 0 aromatic carbocycles. The van der Waals surface area contributed by atoms with Crippen molar-refractivity contribution in [2.24, 2.45) is 0 Å². The fraction of sp³-hybridized carbons (Fsp3) is 0.0909. The van der Waals surface area contributed by atoms with Gasteiger partial charge < -0.3 is 10.4 Å². The summed E-state index contributed by atoms with van der Waals surface area (Å²) < 4.78 is 1.27. The van der Waals surface area contributed by atoms with Crippen molar-refractivity contribution in [1.29, 1.82) is 0 Å². The number of carboxylic acids is 1. The zero-order chi connectivity index (χ0) is 14.4. The van der Waals surface area contributed by atoms with E-state index in [9.17, 15) is 9.59 Å². The zero-order valence-corrected chi connectivity index (χ0v) is 10.2. The Hall–Kier alpha value is -3.10. The van der Waals surface area contributed by atoms with Crippen LogP contribution in [-0.2, 0) is 16.1 Å². The number of pyridine rings is 1. The normalized spacial score (nSPS) is 10.6. The molecule has 2 aromatic heterocycles. The summed E-state index contributed by atoms with van der Waals surface area (Å²) in [4.78, 5) is 26.1. The van der Waals surface area contributed by atoms with E-state index in [-0.39, 0.29) is 12.5 Å². The van der Waals surface area contributed by atoms with E-state index in [1.807, 2.05) is 0 Å². The molecule has 2 rings (SSSR count). The average Bonchev–Trinajstić information content (AvgIpc) is 2.89. The van der Waals surface area contributed by atoms with Crippen LogP contribution in [0.15, 0.2) is 30.7 Å². The highest BCUT2D eigenvalue weighted by Crippen LogP contribution is 2.08. The van der Waals surface area contributed by atoms with Gasteiger partial charge in [0, 0.05) is 12.3 Å². The molecule has 0 aliphatic rings. The zero-order valence-electron chi connectivity index (χ0n) is 10.2. The molecule has 0 atom stereocenters. The summed E-state index contributed by atoms with van der Waals surface area (Å²) in [5, 5.41) is 21.5. The average molecular weight is 274 g/mol. The Morgan fingerprint density at radius 2 is 2.30 bits per heavy atom. The van der Waals surface area contributed by atoms with Crippen molar-refractivity contribution in [3.05, 3.63) is 36.3 Å². The summed E-state index contributed by atoms with van der Waals surface area (Å²) in [6.07, 6.45) is 5.19. The Morgan fingerprint density at radius 3 is 3.00 bits per heavy atom. The molecule has 0 bridgehead atoms. The predicted octanol–water partition coefficient (Wildman–Crippen LogP) is -0.195. The highest BCUT2D eigenvalue weighted by atomic mass is 16.4. The number of carboxylic acid groups (broad SMARTS) is 1. The Balaban J connectivity index is 2.00. The smallest absolute Gasteiger partial charge is 0.328 e. The lowest BCUT2D eigenvalue weighted by Gasteiger charge is -2.04. The summed E-state index contributed by atoms with van der Waals surface area (Å²) in [5.74, 6) is -1.08. The molecule has 1 amide bonds. The molecule has 9 nitrogen and oxygen atoms in total. The Morgan fingerprint density at radius 1 is 1.45 bits per heavy atom. The number of carbonyl (C=O) groups is 2. The van der Waals surface area contributed by atoms with Crippen LogP contribution in [0.2, 0.25) is 0 Å². The van der Waals surface area contributed by atoms with Gasteiger partial charge in [0.2, 0.25) is 5.91 Å². The van der Waals surface area contributed by atoms with E-state index >= 15 is 0 Å². The van der Waals surface area contributed by atoms with Gasteiger partial charge in [-0.3, -0.25) is 4.79 Å². The van der Waals surface area contributed by atoms with Gasteiger partial charge in [-0.25, -0.2) is 14.5 Å². The van der Waals surface area contributed by atoms with Gasteiger partial charge >= 0.3 is 5.97 Å². The van der Waals surface area contributed by atoms with Gasteiger partial charge in [-0.1, -0.05) is 0 Å². The number of rotatable bonds is 5. The molecule has 0 spiro atoms. The van der Waals surface area contributed by atoms with E-state index in [1.54, 1.807) is 12.1 Å². The molecule has 0 saturated heterocycles. The molecule has 102 valence electrons. The van der Waals surface area contributed by atoms with E-state index in [0.29, 0.717) is 11.4 Å². The van der Waals surface area contributed by atoms with Crippen LogP contribution in [-0.4, -0.2) is 42.2 Å². The number of hydrogen-bond donors (Lipinski definition) is 2. The first-order valence-electron chi connectivity index (χ1n) is 5.51. The third kappa shape index (κ3) is 3.98. The van der Waals surface area contributed by atoms with Crippen molar-refractivity contribution >= 4 is 23.8 Å². The summed E-state index contributed by atoms with van der Waals surface area (Å²) in [7, 11) is 0. The number of hydrogen-bond acceptors (Lipinski definition) is 6. The van der Waals surface area contributed by atoms with E-state index in [0.717, 1.165) is 6.08 Å². The summed E-state index contributed by atoms with van der Waals surface area (Å²) >= 11 is 0. The molecule has 20 heavy (non-hydrogen) atoms. The Bertz CT molecular complexity index is 637. The molecule has 2 heterocycles. The highest BCUT2D eigenvalue weighted by Gasteiger charge is 2.05. The Kier molecular flexibility index (Phi) is 4.12. The minimum atomic E-state index is -1.05. The topological polar surface area (TPSA) is 123 Å². The lowest BCUT2D eigenvalue weighted by atomic mass is 10.2. The second-order valence-corrected chi connectivity index (χ2v) is 3.70. The lowest BCUT2D eigenvalue weighted by Crippen LogP contribution is -2.19. The minimum Gasteiger partial charge on any atom is -0.478 e. The molecule has 0 unspecified atom stereocenters. The fourth-order valence-electron chi connectivity index (χ4n) is 1.37. The SMILES string of the molecule is O=C(O)/C=C/c1ccnc(NC(=O)Cn2cnnn2)c1. The molecule has 0 fully saturated rings. The van der Waals surface area contributed by atoms with Crippen LogP contribution < -0.4 is 5.32 Å². The molecule has 2 aromatic rings. The van der Waals surface area contributed by atoms with Crippen LogP contribution in [0, 0.1) is 0 Å². The molecule has 0 saturated carbocycles. The minimum absolute atomic E-state index is 0.0378. The van der Waals surface area contributed by atoms with Crippen LogP contribution in [0.3, 0.4) is 0 Å². The number of tetrazole rings is 1. The Labute approximate surface area is 112 Å². The standard InChI is InChI=1S/C11H10N6O3/c18-10(6-17-7-13-15-16-17)14-9-5-8(3-4-12-9)1-2-11(19)20/h1-5,7H,6H2,(H,19,20)(H,12,14,18)/b2-1+. The number of carbonyl (C=O) groups excluding carboxylic acids is 1. The molecule has 9 heteroatoms. The van der Waals surface area contributed by atoms with Gasteiger partial charge in [0.25, 0.3) is 0 Å². The van der Waals surface area contributed by atoms with Gasteiger partial charge in [-0.05, 0) is 34.2 Å². The van der Waals surface area contributed by atoms with Crippen LogP contribution in [0.4, 0.5) is 5.82 Å². The van der Waals surface area contributed by atoms with Crippen molar-refractivity contribution in [3.63, 3.8) is 0 Å². The third-order valence-electron chi connectivity index (χ3n) is 2.17. The van der Waals surface area contributed by atoms with Gasteiger partial charge in [-0.15, -0.1) is 5.10 Å². The van der Waals surface area contributed by atoms with Gasteiger partial charge in [0.05, 0.1) is 0 Å². The second-order valence-electron chi connectivity index (χ2n) is 3.70. The largest absolute Gasteiger partial charge is 0.478 e. The number of aromatic nitrogens is 5. The number of nitrogens with one attached hydrogen (secondary N) is 1. The van der Waals surface area contributed by atoms with Crippen LogP contribution in [0.1, 0.15) is 5.56 Å². The van der Waals surface area contributed by atoms with Crippen molar-refractivity contribution in [3.8, 4) is 0 Å². The number of nitrogens with zero attached hydrogens (tertiary/aromatic N) is 5. The predicted molar refractivity (Wildman–Crippen MR) is 67.4 cm³/mol. The summed E-state index contributed by atoms with van der Waals surface area (Å²) in [5.41, 5.74) is 0.611. The molecular formula is C11H10N6O3. The molecule has 0 aliphatic heterocycles. The monoisotopic (exact) mass is 274 g/mol. The number of amides is 1. The molecular weight excluding hydrogens is 264 g/mol. The van der Waals surface area contributed by atoms with Crippen molar-refractivity contribution in [1.82, 2.24) is 25.2 Å². The van der Waals surface area contributed by atoms with Crippen LogP contribution >= 0.6 is 0 Å². The van der Waals surface area contributed by atoms with E-state index < -0.39 is 5.97 Å². The maximum atomic E-state index is 11.7. The van der Waals surface area contributed by atoms with Crippen molar-refractivity contribution in [2.75, 3.05) is 5.32 Å². The van der Waals surface area contributed by atoms with Crippen molar-refractivity contribution < 1.29 is 14.7 Å². The van der Waals surface area contributed by atoms with Crippen LogP contribution in [0.25, 0.3) is 6.08 Å². The molecule has 2 N–H and O–H groups in total. The maximum Gasteiger partial charge on any atom is 0.328 e. The lowest BCUT2D eigenvalue weighted by molar-refractivity contribution is -0.131. The third-order valence-corrected chi connectivity index (χ3v) is 2.17. The molecule has 0 aliphatic carbocycles. The molecule has 0 radical (unpaired) electrons. The second kappa shape index (κ2) is 6.18. The van der Waals surface area contributed by atoms with Gasteiger partial charge in [0.15, 0.2) is 0 Å². The van der Waals surface area contributed by atoms with Crippen molar-refractivity contribution in [2.45, 2.75) is 6.54 Å². The summed E-state index contributed by atoms with van der Waals surface area (Å²) in [6, 6.07) is 3.17. The number of anilines is 1. The van der Waals surface area contributed by atoms with E-state index in [4.69, 9.17) is 5.11 Å². The first-order chi connectivity index (χ1) is 9.63. The quantitative estimate of drug-likeness (QED) is 0.724. The van der Waals surface area contributed by atoms with Crippen LogP contribution in [0.5, 0.6) is 0 Å².